The summed E-state index contributed by atoms with van der Waals surface area (Å²) in [6.45, 7) is 2.83. The van der Waals surface area contributed by atoms with Gasteiger partial charge in [0.2, 0.25) is 5.91 Å². The number of hydrogen-bond acceptors (Lipinski definition) is 6. The third-order valence-electron chi connectivity index (χ3n) is 5.17. The molecule has 0 aliphatic carbocycles. The predicted octanol–water partition coefficient (Wildman–Crippen LogP) is 3.41. The van der Waals surface area contributed by atoms with Crippen LogP contribution in [0.3, 0.4) is 0 Å². The highest BCUT2D eigenvalue weighted by Gasteiger charge is 2.12. The van der Waals surface area contributed by atoms with Crippen LogP contribution in [-0.2, 0) is 11.3 Å². The van der Waals surface area contributed by atoms with E-state index < -0.39 is 0 Å². The van der Waals surface area contributed by atoms with Crippen molar-refractivity contribution in [1.29, 1.82) is 0 Å². The van der Waals surface area contributed by atoms with Crippen LogP contribution in [0.1, 0.15) is 11.4 Å². The molecule has 0 aromatic carbocycles. The van der Waals surface area contributed by atoms with Crippen LogP contribution in [0, 0.1) is 6.92 Å². The van der Waals surface area contributed by atoms with Crippen molar-refractivity contribution in [3.63, 3.8) is 0 Å². The van der Waals surface area contributed by atoms with E-state index in [4.69, 9.17) is 0 Å². The summed E-state index contributed by atoms with van der Waals surface area (Å²) in [5, 5.41) is 6.99. The number of carbonyl (C=O) groups is 1. The maximum Gasteiger partial charge on any atom is 0.244 e. The number of pyridine rings is 3. The Morgan fingerprint density at radius 3 is 2.81 bits per heavy atom. The van der Waals surface area contributed by atoms with E-state index >= 15 is 0 Å². The van der Waals surface area contributed by atoms with Crippen LogP contribution in [0.5, 0.6) is 0 Å². The van der Waals surface area contributed by atoms with Crippen molar-refractivity contribution in [3.8, 4) is 11.1 Å². The Morgan fingerprint density at radius 1 is 1.12 bits per heavy atom. The second kappa shape index (κ2) is 8.43. The highest BCUT2D eigenvalue weighted by Crippen LogP contribution is 2.28. The zero-order valence-electron chi connectivity index (χ0n) is 17.5. The molecule has 32 heavy (non-hydrogen) atoms. The Hall–Kier alpha value is -4.33. The van der Waals surface area contributed by atoms with Gasteiger partial charge in [0.15, 0.2) is 0 Å². The van der Waals surface area contributed by atoms with Gasteiger partial charge in [-0.2, -0.15) is 0 Å². The van der Waals surface area contributed by atoms with Gasteiger partial charge in [0, 0.05) is 48.6 Å². The zero-order valence-corrected chi connectivity index (χ0v) is 17.5. The number of amides is 1. The van der Waals surface area contributed by atoms with Crippen molar-refractivity contribution in [1.82, 2.24) is 24.8 Å². The highest BCUT2D eigenvalue weighted by molar-refractivity contribution is 5.95. The van der Waals surface area contributed by atoms with Crippen molar-refractivity contribution in [2.75, 3.05) is 11.9 Å². The monoisotopic (exact) mass is 423 g/mol. The number of hydrogen-bond donors (Lipinski definition) is 2. The maximum absolute atomic E-state index is 12.7. The van der Waals surface area contributed by atoms with Gasteiger partial charge in [0.05, 0.1) is 17.6 Å². The molecule has 0 atom stereocenters. The summed E-state index contributed by atoms with van der Waals surface area (Å²) < 4.78 is 1.84. The molecule has 8 nitrogen and oxygen atoms in total. The lowest BCUT2D eigenvalue weighted by Gasteiger charge is -2.10. The molecule has 0 unspecified atom stereocenters. The number of nitrogens with one attached hydrogen (secondary N) is 2. The van der Waals surface area contributed by atoms with E-state index in [0.29, 0.717) is 12.2 Å². The molecule has 1 aliphatic heterocycles. The van der Waals surface area contributed by atoms with Gasteiger partial charge in [0.25, 0.3) is 0 Å². The van der Waals surface area contributed by atoms with E-state index in [1.165, 1.54) is 0 Å². The number of aryl methyl sites for hydroxylation is 1. The van der Waals surface area contributed by atoms with Crippen molar-refractivity contribution in [2.24, 2.45) is 4.99 Å². The van der Waals surface area contributed by atoms with Gasteiger partial charge in [-0.3, -0.25) is 19.8 Å². The summed E-state index contributed by atoms with van der Waals surface area (Å²) in [5.41, 5.74) is 5.98. The molecule has 1 aliphatic rings. The summed E-state index contributed by atoms with van der Waals surface area (Å²) in [4.78, 5) is 30.1. The van der Waals surface area contributed by atoms with E-state index in [2.05, 4.69) is 30.6 Å². The highest BCUT2D eigenvalue weighted by atomic mass is 16.1. The topological polar surface area (TPSA) is 97.1 Å². The van der Waals surface area contributed by atoms with Gasteiger partial charge < -0.3 is 15.2 Å². The van der Waals surface area contributed by atoms with E-state index in [-0.39, 0.29) is 12.5 Å². The number of nitrogens with zero attached hydrogens (tertiary/aromatic N) is 5. The smallest absolute Gasteiger partial charge is 0.244 e. The Balaban J connectivity index is 1.32. The van der Waals surface area contributed by atoms with Crippen molar-refractivity contribution >= 4 is 34.5 Å². The Bertz CT molecular complexity index is 1350. The van der Waals surface area contributed by atoms with Crippen molar-refractivity contribution in [2.45, 2.75) is 13.5 Å². The van der Waals surface area contributed by atoms with Crippen molar-refractivity contribution < 1.29 is 4.79 Å². The van der Waals surface area contributed by atoms with Crippen LogP contribution in [0.4, 0.5) is 5.69 Å². The molecule has 0 radical (unpaired) electrons. The van der Waals surface area contributed by atoms with Gasteiger partial charge in [-0.1, -0.05) is 0 Å². The van der Waals surface area contributed by atoms with E-state index in [9.17, 15) is 4.79 Å². The lowest BCUT2D eigenvalue weighted by Crippen LogP contribution is -2.18. The van der Waals surface area contributed by atoms with Crippen LogP contribution in [0.15, 0.2) is 72.4 Å². The second-order valence-corrected chi connectivity index (χ2v) is 7.46. The first kappa shape index (κ1) is 19.6. The quantitative estimate of drug-likeness (QED) is 0.513. The molecule has 4 aromatic heterocycles. The molecule has 0 fully saturated rings. The minimum Gasteiger partial charge on any atom is -0.384 e. The molecule has 0 bridgehead atoms. The number of anilines is 1. The van der Waals surface area contributed by atoms with E-state index in [0.717, 1.165) is 39.2 Å². The molecule has 2 N–H and O–H groups in total. The van der Waals surface area contributed by atoms with Crippen LogP contribution in [-0.4, -0.2) is 38.2 Å². The maximum atomic E-state index is 12.7. The van der Waals surface area contributed by atoms with Crippen LogP contribution >= 0.6 is 0 Å². The van der Waals surface area contributed by atoms with Gasteiger partial charge in [0.1, 0.15) is 17.9 Å². The SMILES string of the molecule is Cc1cc(-c2ccnc3c2ccn3CC(=O)Nc2ccc(C3=CNCC=N3)nc2)ccn1. The average Bonchev–Trinajstić information content (AvgIpc) is 3.23. The Kier molecular flexibility index (Phi) is 5.17. The number of carbonyl (C=O) groups excluding carboxylic acids is 1. The summed E-state index contributed by atoms with van der Waals surface area (Å²) in [6, 6.07) is 11.6. The van der Waals surface area contributed by atoms with Gasteiger partial charge in [-0.15, -0.1) is 0 Å². The lowest BCUT2D eigenvalue weighted by atomic mass is 10.0. The predicted molar refractivity (Wildman–Crippen MR) is 125 cm³/mol. The van der Waals surface area contributed by atoms with Gasteiger partial charge >= 0.3 is 0 Å². The summed E-state index contributed by atoms with van der Waals surface area (Å²) in [6.07, 6.45) is 10.7. The Labute approximate surface area is 184 Å². The standard InChI is InChI=1S/C24H21N7O/c1-16-12-17(4-7-26-16)19-5-8-28-24-20(19)6-11-31(24)15-23(32)30-18-2-3-21(29-13-18)22-14-25-9-10-27-22/h2-8,10-14,25H,9,15H2,1H3,(H,30,32). The lowest BCUT2D eigenvalue weighted by molar-refractivity contribution is -0.116. The minimum atomic E-state index is -0.152. The average molecular weight is 423 g/mol. The second-order valence-electron chi connectivity index (χ2n) is 7.46. The molecular formula is C24H21N7O. The van der Waals surface area contributed by atoms with E-state index in [1.807, 2.05) is 60.3 Å². The molecule has 8 heteroatoms. The number of aromatic nitrogens is 4. The fourth-order valence-corrected chi connectivity index (χ4v) is 3.69. The minimum absolute atomic E-state index is 0.149. The molecule has 5 rings (SSSR count). The third-order valence-corrected chi connectivity index (χ3v) is 5.17. The molecule has 4 aromatic rings. The summed E-state index contributed by atoms with van der Waals surface area (Å²) >= 11 is 0. The first-order valence-corrected chi connectivity index (χ1v) is 10.3. The fourth-order valence-electron chi connectivity index (χ4n) is 3.69. The third kappa shape index (κ3) is 3.98. The largest absolute Gasteiger partial charge is 0.384 e. The van der Waals surface area contributed by atoms with Gasteiger partial charge in [-0.25, -0.2) is 4.98 Å². The number of rotatable bonds is 5. The zero-order chi connectivity index (χ0) is 21.9. The Morgan fingerprint density at radius 2 is 2.03 bits per heavy atom. The number of fused-ring (bicyclic) bond motifs is 1. The molecule has 0 spiro atoms. The normalized spacial score (nSPS) is 13.0. The number of aliphatic imine (C=N–C) groups is 1. The molecular weight excluding hydrogens is 402 g/mol. The fraction of sp³-hybridized carbons (Fsp3) is 0.125. The molecule has 1 amide bonds. The first-order chi connectivity index (χ1) is 15.7. The van der Waals surface area contributed by atoms with Crippen LogP contribution in [0.25, 0.3) is 27.9 Å². The van der Waals surface area contributed by atoms with Crippen LogP contribution < -0.4 is 10.6 Å². The van der Waals surface area contributed by atoms with Gasteiger partial charge in [-0.05, 0) is 54.4 Å². The molecule has 0 saturated heterocycles. The molecule has 0 saturated carbocycles. The summed E-state index contributed by atoms with van der Waals surface area (Å²) in [5.74, 6) is -0.152. The first-order valence-electron chi connectivity index (χ1n) is 10.3. The molecule has 5 heterocycles. The van der Waals surface area contributed by atoms with Crippen molar-refractivity contribution in [3.05, 3.63) is 78.8 Å². The van der Waals surface area contributed by atoms with Crippen LogP contribution in [0.2, 0.25) is 0 Å². The molecule has 158 valence electrons. The summed E-state index contributed by atoms with van der Waals surface area (Å²) in [7, 11) is 0. The van der Waals surface area contributed by atoms with E-state index in [1.54, 1.807) is 24.8 Å².